The fourth-order valence-corrected chi connectivity index (χ4v) is 2.96. The molecule has 1 aliphatic heterocycles. The van der Waals surface area contributed by atoms with E-state index in [2.05, 4.69) is 14.5 Å². The number of halogens is 1. The molecule has 4 nitrogen and oxygen atoms in total. The summed E-state index contributed by atoms with van der Waals surface area (Å²) in [4.78, 5) is 6.57. The third kappa shape index (κ3) is 2.34. The van der Waals surface area contributed by atoms with E-state index in [9.17, 15) is 4.39 Å². The summed E-state index contributed by atoms with van der Waals surface area (Å²) in [5.41, 5.74) is 6.80. The molecule has 1 aromatic heterocycles. The molecule has 1 aromatic carbocycles. The highest BCUT2D eigenvalue weighted by atomic mass is 19.1. The summed E-state index contributed by atoms with van der Waals surface area (Å²) in [6.07, 6.45) is 3.79. The Balaban J connectivity index is 1.91. The fraction of sp³-hybridized carbons (Fsp3) is 0.400. The normalized spacial score (nSPS) is 18.6. The van der Waals surface area contributed by atoms with Crippen LogP contribution in [0.15, 0.2) is 36.7 Å². The highest BCUT2D eigenvalue weighted by molar-refractivity contribution is 5.23. The van der Waals surface area contributed by atoms with Crippen LogP contribution >= 0.6 is 0 Å². The lowest BCUT2D eigenvalue weighted by molar-refractivity contribution is 0.133. The van der Waals surface area contributed by atoms with Crippen LogP contribution in [0.2, 0.25) is 0 Å². The van der Waals surface area contributed by atoms with Crippen molar-refractivity contribution < 1.29 is 4.39 Å². The van der Waals surface area contributed by atoms with Gasteiger partial charge >= 0.3 is 0 Å². The first-order chi connectivity index (χ1) is 9.66. The van der Waals surface area contributed by atoms with Gasteiger partial charge in [-0.1, -0.05) is 18.2 Å². The number of benzene rings is 1. The Labute approximate surface area is 118 Å². The quantitative estimate of drug-likeness (QED) is 0.930. The van der Waals surface area contributed by atoms with E-state index in [1.165, 1.54) is 6.07 Å². The molecule has 106 valence electrons. The maximum Gasteiger partial charge on any atom is 0.128 e. The summed E-state index contributed by atoms with van der Waals surface area (Å²) in [6.45, 7) is 4.35. The molecule has 5 heteroatoms. The molecule has 2 N–H and O–H groups in total. The molecular weight excluding hydrogens is 255 g/mol. The Kier molecular flexibility index (Phi) is 3.54. The summed E-state index contributed by atoms with van der Waals surface area (Å²) in [5, 5.41) is 0. The van der Waals surface area contributed by atoms with Crippen LogP contribution < -0.4 is 5.73 Å². The van der Waals surface area contributed by atoms with Crippen LogP contribution in [0.4, 0.5) is 4.39 Å². The van der Waals surface area contributed by atoms with E-state index in [1.807, 2.05) is 31.5 Å². The van der Waals surface area contributed by atoms with Gasteiger partial charge in [-0.15, -0.1) is 0 Å². The van der Waals surface area contributed by atoms with Gasteiger partial charge in [-0.3, -0.25) is 4.90 Å². The molecule has 3 rings (SSSR count). The molecule has 1 aliphatic rings. The molecule has 0 amide bonds. The number of hydrogen-bond donors (Lipinski definition) is 1. The molecule has 0 spiro atoms. The minimum absolute atomic E-state index is 0.123. The van der Waals surface area contributed by atoms with Crippen LogP contribution in [0, 0.1) is 5.82 Å². The summed E-state index contributed by atoms with van der Waals surface area (Å²) < 4.78 is 16.2. The lowest BCUT2D eigenvalue weighted by Gasteiger charge is -2.37. The average molecular weight is 274 g/mol. The molecule has 0 fully saturated rings. The predicted molar refractivity (Wildman–Crippen MR) is 75.4 cm³/mol. The second-order valence-electron chi connectivity index (χ2n) is 5.33. The SMILES string of the molecule is CC(N)C(c1ccccc1F)N1CCn2ccnc2C1. The number of rotatable bonds is 3. The molecule has 2 unspecified atom stereocenters. The minimum atomic E-state index is -0.191. The maximum absolute atomic E-state index is 14.1. The van der Waals surface area contributed by atoms with Gasteiger partial charge in [-0.2, -0.15) is 0 Å². The van der Waals surface area contributed by atoms with E-state index in [0.717, 1.165) is 18.9 Å². The number of nitrogens with two attached hydrogens (primary N) is 1. The van der Waals surface area contributed by atoms with Crippen molar-refractivity contribution in [3.05, 3.63) is 53.9 Å². The second kappa shape index (κ2) is 5.34. The van der Waals surface area contributed by atoms with Crippen molar-refractivity contribution in [2.24, 2.45) is 5.73 Å². The van der Waals surface area contributed by atoms with Crippen molar-refractivity contribution in [3.63, 3.8) is 0 Å². The minimum Gasteiger partial charge on any atom is -0.333 e. The molecule has 2 atom stereocenters. The van der Waals surface area contributed by atoms with E-state index in [1.54, 1.807) is 6.07 Å². The number of aromatic nitrogens is 2. The number of hydrogen-bond acceptors (Lipinski definition) is 3. The van der Waals surface area contributed by atoms with Gasteiger partial charge in [0.15, 0.2) is 0 Å². The third-order valence-electron chi connectivity index (χ3n) is 3.89. The third-order valence-corrected chi connectivity index (χ3v) is 3.89. The van der Waals surface area contributed by atoms with Gasteiger partial charge in [0.25, 0.3) is 0 Å². The van der Waals surface area contributed by atoms with Crippen molar-refractivity contribution in [3.8, 4) is 0 Å². The standard InChI is InChI=1S/C15H19FN4/c1-11(17)15(12-4-2-3-5-13(12)16)20-9-8-19-7-6-18-14(19)10-20/h2-7,11,15H,8-10,17H2,1H3. The maximum atomic E-state index is 14.1. The van der Waals surface area contributed by atoms with Gasteiger partial charge in [0.2, 0.25) is 0 Å². The van der Waals surface area contributed by atoms with E-state index in [4.69, 9.17) is 5.73 Å². The zero-order valence-corrected chi connectivity index (χ0v) is 11.5. The van der Waals surface area contributed by atoms with Crippen molar-refractivity contribution in [2.45, 2.75) is 32.1 Å². The smallest absolute Gasteiger partial charge is 0.128 e. The molecule has 0 saturated heterocycles. The van der Waals surface area contributed by atoms with Gasteiger partial charge in [-0.25, -0.2) is 9.37 Å². The zero-order chi connectivity index (χ0) is 14.1. The van der Waals surface area contributed by atoms with Gasteiger partial charge in [0.05, 0.1) is 12.6 Å². The van der Waals surface area contributed by atoms with Crippen LogP contribution in [0.1, 0.15) is 24.4 Å². The van der Waals surface area contributed by atoms with Crippen LogP contribution in [0.5, 0.6) is 0 Å². The van der Waals surface area contributed by atoms with Gasteiger partial charge in [0, 0.05) is 37.1 Å². The first-order valence-corrected chi connectivity index (χ1v) is 6.91. The first-order valence-electron chi connectivity index (χ1n) is 6.91. The largest absolute Gasteiger partial charge is 0.333 e. The Morgan fingerprint density at radius 1 is 1.30 bits per heavy atom. The van der Waals surface area contributed by atoms with Crippen molar-refractivity contribution in [1.82, 2.24) is 14.5 Å². The molecule has 0 aliphatic carbocycles. The van der Waals surface area contributed by atoms with E-state index >= 15 is 0 Å². The molecular formula is C15H19FN4. The molecule has 0 bridgehead atoms. The van der Waals surface area contributed by atoms with Crippen LogP contribution in [0.3, 0.4) is 0 Å². The lowest BCUT2D eigenvalue weighted by atomic mass is 9.98. The van der Waals surface area contributed by atoms with Gasteiger partial charge in [-0.05, 0) is 13.0 Å². The lowest BCUT2D eigenvalue weighted by Crippen LogP contribution is -2.43. The molecule has 20 heavy (non-hydrogen) atoms. The van der Waals surface area contributed by atoms with Gasteiger partial charge < -0.3 is 10.3 Å². The highest BCUT2D eigenvalue weighted by Crippen LogP contribution is 2.28. The fourth-order valence-electron chi connectivity index (χ4n) is 2.96. The molecule has 2 heterocycles. The van der Waals surface area contributed by atoms with Crippen molar-refractivity contribution in [1.29, 1.82) is 0 Å². The van der Waals surface area contributed by atoms with E-state index in [-0.39, 0.29) is 17.9 Å². The average Bonchev–Trinajstić information content (AvgIpc) is 2.88. The topological polar surface area (TPSA) is 47.1 Å². The van der Waals surface area contributed by atoms with Crippen LogP contribution in [0.25, 0.3) is 0 Å². The number of fused-ring (bicyclic) bond motifs is 1. The predicted octanol–water partition coefficient (Wildman–Crippen LogP) is 1.93. The Bertz CT molecular complexity index is 593. The number of nitrogens with zero attached hydrogens (tertiary/aromatic N) is 3. The Morgan fingerprint density at radius 3 is 2.85 bits per heavy atom. The van der Waals surface area contributed by atoms with Crippen molar-refractivity contribution >= 4 is 0 Å². The Hall–Kier alpha value is -1.72. The Morgan fingerprint density at radius 2 is 2.10 bits per heavy atom. The van der Waals surface area contributed by atoms with E-state index < -0.39 is 0 Å². The van der Waals surface area contributed by atoms with Crippen LogP contribution in [-0.4, -0.2) is 27.0 Å². The summed E-state index contributed by atoms with van der Waals surface area (Å²) in [6, 6.07) is 6.62. The summed E-state index contributed by atoms with van der Waals surface area (Å²) in [5.74, 6) is 0.821. The summed E-state index contributed by atoms with van der Waals surface area (Å²) >= 11 is 0. The highest BCUT2D eigenvalue weighted by Gasteiger charge is 2.29. The first kappa shape index (κ1) is 13.3. The summed E-state index contributed by atoms with van der Waals surface area (Å²) in [7, 11) is 0. The zero-order valence-electron chi connectivity index (χ0n) is 11.5. The van der Waals surface area contributed by atoms with E-state index in [0.29, 0.717) is 12.1 Å². The molecule has 2 aromatic rings. The molecule has 0 saturated carbocycles. The second-order valence-corrected chi connectivity index (χ2v) is 5.33. The monoisotopic (exact) mass is 274 g/mol. The van der Waals surface area contributed by atoms with Gasteiger partial charge in [0.1, 0.15) is 11.6 Å². The van der Waals surface area contributed by atoms with Crippen LogP contribution in [-0.2, 0) is 13.1 Å². The molecule has 0 radical (unpaired) electrons. The number of imidazole rings is 1. The van der Waals surface area contributed by atoms with Crippen molar-refractivity contribution in [2.75, 3.05) is 6.54 Å².